The Bertz CT molecular complexity index is 613. The fourth-order valence-corrected chi connectivity index (χ4v) is 2.12. The number of amides is 1. The summed E-state index contributed by atoms with van der Waals surface area (Å²) in [5.41, 5.74) is 2.75. The van der Waals surface area contributed by atoms with Crippen LogP contribution in [0.25, 0.3) is 0 Å². The SMILES string of the molecule is CCC(C)NC(=O)c1cncc(N(C)Cc2ccccc2)c1. The van der Waals surface area contributed by atoms with E-state index < -0.39 is 0 Å². The predicted octanol–water partition coefficient (Wildman–Crippen LogP) is 3.25. The minimum atomic E-state index is -0.0724. The maximum absolute atomic E-state index is 12.2. The van der Waals surface area contributed by atoms with E-state index in [0.717, 1.165) is 18.7 Å². The highest BCUT2D eigenvalue weighted by molar-refractivity contribution is 5.94. The zero-order valence-corrected chi connectivity index (χ0v) is 13.4. The zero-order chi connectivity index (χ0) is 15.9. The molecule has 1 heterocycles. The number of carbonyl (C=O) groups excluding carboxylic acids is 1. The van der Waals surface area contributed by atoms with Crippen LogP contribution < -0.4 is 10.2 Å². The van der Waals surface area contributed by atoms with Crippen LogP contribution in [0.4, 0.5) is 5.69 Å². The molecule has 0 spiro atoms. The van der Waals surface area contributed by atoms with Crippen molar-refractivity contribution in [3.05, 3.63) is 59.9 Å². The lowest BCUT2D eigenvalue weighted by Crippen LogP contribution is -2.32. The molecule has 0 bridgehead atoms. The Hall–Kier alpha value is -2.36. The molecule has 0 fully saturated rings. The summed E-state index contributed by atoms with van der Waals surface area (Å²) in [5, 5.41) is 2.96. The number of hydrogen-bond acceptors (Lipinski definition) is 3. The maximum atomic E-state index is 12.2. The first-order valence-electron chi connectivity index (χ1n) is 7.61. The third kappa shape index (κ3) is 4.32. The van der Waals surface area contributed by atoms with E-state index in [-0.39, 0.29) is 11.9 Å². The smallest absolute Gasteiger partial charge is 0.253 e. The molecular weight excluding hydrogens is 274 g/mol. The largest absolute Gasteiger partial charge is 0.369 e. The minimum absolute atomic E-state index is 0.0724. The van der Waals surface area contributed by atoms with Gasteiger partial charge in [-0.15, -0.1) is 0 Å². The highest BCUT2D eigenvalue weighted by Gasteiger charge is 2.11. The summed E-state index contributed by atoms with van der Waals surface area (Å²) >= 11 is 0. The van der Waals surface area contributed by atoms with E-state index in [1.165, 1.54) is 5.56 Å². The van der Waals surface area contributed by atoms with Gasteiger partial charge in [0.2, 0.25) is 0 Å². The number of benzene rings is 1. The van der Waals surface area contributed by atoms with Crippen LogP contribution in [-0.2, 0) is 6.54 Å². The fraction of sp³-hybridized carbons (Fsp3) is 0.333. The molecule has 4 nitrogen and oxygen atoms in total. The number of nitrogens with one attached hydrogen (secondary N) is 1. The van der Waals surface area contributed by atoms with E-state index in [4.69, 9.17) is 0 Å². The summed E-state index contributed by atoms with van der Waals surface area (Å²) in [6.45, 7) is 4.82. The van der Waals surface area contributed by atoms with E-state index in [0.29, 0.717) is 5.56 Å². The summed E-state index contributed by atoms with van der Waals surface area (Å²) in [4.78, 5) is 18.5. The molecule has 4 heteroatoms. The van der Waals surface area contributed by atoms with Crippen molar-refractivity contribution in [1.82, 2.24) is 10.3 Å². The molecule has 0 aliphatic heterocycles. The van der Waals surface area contributed by atoms with Crippen molar-refractivity contribution >= 4 is 11.6 Å². The van der Waals surface area contributed by atoms with Gasteiger partial charge in [-0.25, -0.2) is 0 Å². The van der Waals surface area contributed by atoms with Crippen molar-refractivity contribution in [3.63, 3.8) is 0 Å². The van der Waals surface area contributed by atoms with E-state index in [1.807, 2.05) is 45.2 Å². The highest BCUT2D eigenvalue weighted by Crippen LogP contribution is 2.16. The molecule has 1 unspecified atom stereocenters. The molecule has 0 radical (unpaired) electrons. The average molecular weight is 297 g/mol. The number of pyridine rings is 1. The first-order valence-corrected chi connectivity index (χ1v) is 7.61. The third-order valence-electron chi connectivity index (χ3n) is 3.68. The Morgan fingerprint density at radius 3 is 2.68 bits per heavy atom. The molecule has 0 saturated heterocycles. The van der Waals surface area contributed by atoms with Gasteiger partial charge in [0.1, 0.15) is 0 Å². The van der Waals surface area contributed by atoms with Crippen LogP contribution in [0.2, 0.25) is 0 Å². The van der Waals surface area contributed by atoms with E-state index >= 15 is 0 Å². The number of anilines is 1. The Labute approximate surface area is 132 Å². The monoisotopic (exact) mass is 297 g/mol. The number of rotatable bonds is 6. The van der Waals surface area contributed by atoms with Gasteiger partial charge in [-0.1, -0.05) is 37.3 Å². The Morgan fingerprint density at radius 2 is 2.00 bits per heavy atom. The number of carbonyl (C=O) groups is 1. The number of aromatic nitrogens is 1. The molecule has 1 atom stereocenters. The summed E-state index contributed by atoms with van der Waals surface area (Å²) in [6.07, 6.45) is 4.30. The third-order valence-corrected chi connectivity index (χ3v) is 3.68. The van der Waals surface area contributed by atoms with Gasteiger partial charge in [-0.2, -0.15) is 0 Å². The highest BCUT2D eigenvalue weighted by atomic mass is 16.1. The van der Waals surface area contributed by atoms with Crippen LogP contribution in [0.15, 0.2) is 48.8 Å². The van der Waals surface area contributed by atoms with Crippen molar-refractivity contribution < 1.29 is 4.79 Å². The normalized spacial score (nSPS) is 11.8. The van der Waals surface area contributed by atoms with Crippen LogP contribution in [0.3, 0.4) is 0 Å². The van der Waals surface area contributed by atoms with E-state index in [1.54, 1.807) is 12.4 Å². The molecule has 0 aliphatic carbocycles. The molecule has 1 N–H and O–H groups in total. The van der Waals surface area contributed by atoms with Crippen LogP contribution >= 0.6 is 0 Å². The van der Waals surface area contributed by atoms with Gasteiger partial charge in [0.15, 0.2) is 0 Å². The molecule has 0 saturated carbocycles. The van der Waals surface area contributed by atoms with Gasteiger partial charge in [0, 0.05) is 25.8 Å². The van der Waals surface area contributed by atoms with Crippen LogP contribution in [0.1, 0.15) is 36.2 Å². The molecule has 116 valence electrons. The Balaban J connectivity index is 2.09. The van der Waals surface area contributed by atoms with Crippen molar-refractivity contribution in [2.24, 2.45) is 0 Å². The van der Waals surface area contributed by atoms with Gasteiger partial charge in [-0.05, 0) is 25.0 Å². The van der Waals surface area contributed by atoms with Crippen molar-refractivity contribution in [1.29, 1.82) is 0 Å². The summed E-state index contributed by atoms with van der Waals surface area (Å²) in [7, 11) is 2.00. The van der Waals surface area contributed by atoms with Gasteiger partial charge < -0.3 is 10.2 Å². The van der Waals surface area contributed by atoms with E-state index in [2.05, 4.69) is 27.3 Å². The van der Waals surface area contributed by atoms with Crippen molar-refractivity contribution in [2.45, 2.75) is 32.9 Å². The Kier molecular flexibility index (Phi) is 5.53. The molecule has 1 aromatic carbocycles. The van der Waals surface area contributed by atoms with Crippen LogP contribution in [-0.4, -0.2) is 24.0 Å². The second-order valence-corrected chi connectivity index (χ2v) is 5.56. The van der Waals surface area contributed by atoms with Crippen LogP contribution in [0.5, 0.6) is 0 Å². The summed E-state index contributed by atoms with van der Waals surface area (Å²) in [5.74, 6) is -0.0724. The topological polar surface area (TPSA) is 45.2 Å². The fourth-order valence-electron chi connectivity index (χ4n) is 2.12. The van der Waals surface area contributed by atoms with Gasteiger partial charge in [0.05, 0.1) is 17.4 Å². The quantitative estimate of drug-likeness (QED) is 0.890. The molecule has 22 heavy (non-hydrogen) atoms. The maximum Gasteiger partial charge on any atom is 0.253 e. The summed E-state index contributed by atoms with van der Waals surface area (Å²) in [6, 6.07) is 12.3. The average Bonchev–Trinajstić information content (AvgIpc) is 2.55. The molecule has 2 aromatic rings. The molecule has 2 rings (SSSR count). The van der Waals surface area contributed by atoms with Gasteiger partial charge >= 0.3 is 0 Å². The van der Waals surface area contributed by atoms with Gasteiger partial charge in [-0.3, -0.25) is 9.78 Å². The predicted molar refractivity (Wildman–Crippen MR) is 90.0 cm³/mol. The van der Waals surface area contributed by atoms with E-state index in [9.17, 15) is 4.79 Å². The number of hydrogen-bond donors (Lipinski definition) is 1. The lowest BCUT2D eigenvalue weighted by molar-refractivity contribution is 0.0939. The molecular formula is C18H23N3O. The Morgan fingerprint density at radius 1 is 1.27 bits per heavy atom. The second-order valence-electron chi connectivity index (χ2n) is 5.56. The standard InChI is InChI=1S/C18H23N3O/c1-4-14(2)20-18(22)16-10-17(12-19-11-16)21(3)13-15-8-6-5-7-9-15/h5-12,14H,4,13H2,1-3H3,(H,20,22). The second kappa shape index (κ2) is 7.59. The lowest BCUT2D eigenvalue weighted by atomic mass is 10.2. The van der Waals surface area contributed by atoms with Crippen molar-refractivity contribution in [2.75, 3.05) is 11.9 Å². The molecule has 0 aliphatic rings. The summed E-state index contributed by atoms with van der Waals surface area (Å²) < 4.78 is 0. The first kappa shape index (κ1) is 16.0. The minimum Gasteiger partial charge on any atom is -0.369 e. The molecule has 1 aromatic heterocycles. The van der Waals surface area contributed by atoms with Crippen LogP contribution in [0, 0.1) is 0 Å². The lowest BCUT2D eigenvalue weighted by Gasteiger charge is -2.20. The van der Waals surface area contributed by atoms with Gasteiger partial charge in [0.25, 0.3) is 5.91 Å². The number of nitrogens with zero attached hydrogens (tertiary/aromatic N) is 2. The van der Waals surface area contributed by atoms with Crippen molar-refractivity contribution in [3.8, 4) is 0 Å². The zero-order valence-electron chi connectivity index (χ0n) is 13.4. The first-order chi connectivity index (χ1) is 10.6. The molecule has 1 amide bonds.